The van der Waals surface area contributed by atoms with E-state index in [0.29, 0.717) is 6.04 Å². The Labute approximate surface area is 127 Å². The third-order valence-electron chi connectivity index (χ3n) is 4.54. The second-order valence-corrected chi connectivity index (χ2v) is 6.66. The van der Waals surface area contributed by atoms with Gasteiger partial charge in [-0.3, -0.25) is 5.10 Å². The quantitative estimate of drug-likeness (QED) is 0.890. The maximum Gasteiger partial charge on any atom is 0.0650 e. The predicted octanol–water partition coefficient (Wildman–Crippen LogP) is 3.99. The van der Waals surface area contributed by atoms with Crippen molar-refractivity contribution in [2.45, 2.75) is 45.7 Å². The van der Waals surface area contributed by atoms with Gasteiger partial charge in [0.05, 0.1) is 5.69 Å². The lowest BCUT2D eigenvalue weighted by atomic mass is 9.80. The molecule has 1 aromatic carbocycles. The van der Waals surface area contributed by atoms with Crippen LogP contribution in [-0.2, 0) is 6.54 Å². The van der Waals surface area contributed by atoms with Crippen LogP contribution in [0.2, 0.25) is 0 Å². The highest BCUT2D eigenvalue weighted by Crippen LogP contribution is 2.28. The van der Waals surface area contributed by atoms with Crippen molar-refractivity contribution < 1.29 is 0 Å². The molecule has 1 fully saturated rings. The van der Waals surface area contributed by atoms with E-state index in [2.05, 4.69) is 53.6 Å². The second kappa shape index (κ2) is 6.44. The van der Waals surface area contributed by atoms with Gasteiger partial charge in [-0.05, 0) is 48.3 Å². The van der Waals surface area contributed by atoms with E-state index in [1.54, 1.807) is 6.20 Å². The van der Waals surface area contributed by atoms with Crippen LogP contribution in [0.25, 0.3) is 11.3 Å². The van der Waals surface area contributed by atoms with Crippen molar-refractivity contribution >= 4 is 0 Å². The lowest BCUT2D eigenvalue weighted by Crippen LogP contribution is -2.35. The second-order valence-electron chi connectivity index (χ2n) is 6.66. The van der Waals surface area contributed by atoms with E-state index in [9.17, 15) is 0 Å². The number of rotatable bonds is 4. The van der Waals surface area contributed by atoms with Gasteiger partial charge in [-0.2, -0.15) is 5.10 Å². The van der Waals surface area contributed by atoms with Gasteiger partial charge >= 0.3 is 0 Å². The Balaban J connectivity index is 1.56. The van der Waals surface area contributed by atoms with E-state index in [4.69, 9.17) is 0 Å². The summed E-state index contributed by atoms with van der Waals surface area (Å²) in [5, 5.41) is 10.7. The molecule has 112 valence electrons. The van der Waals surface area contributed by atoms with Gasteiger partial charge in [-0.25, -0.2) is 0 Å². The van der Waals surface area contributed by atoms with Gasteiger partial charge in [0.15, 0.2) is 0 Å². The van der Waals surface area contributed by atoms with Crippen molar-refractivity contribution in [2.24, 2.45) is 11.8 Å². The molecule has 0 bridgehead atoms. The lowest BCUT2D eigenvalue weighted by molar-refractivity contribution is 0.238. The largest absolute Gasteiger partial charge is 0.310 e. The summed E-state index contributed by atoms with van der Waals surface area (Å²) in [5.74, 6) is 1.71. The molecule has 3 nitrogen and oxygen atoms in total. The first-order valence-electron chi connectivity index (χ1n) is 8.03. The van der Waals surface area contributed by atoms with E-state index in [1.807, 2.05) is 6.07 Å². The Bertz CT molecular complexity index is 534. The Morgan fingerprint density at radius 1 is 1.05 bits per heavy atom. The van der Waals surface area contributed by atoms with Crippen LogP contribution >= 0.6 is 0 Å². The molecule has 0 saturated heterocycles. The van der Waals surface area contributed by atoms with Crippen molar-refractivity contribution in [1.82, 2.24) is 15.5 Å². The van der Waals surface area contributed by atoms with Crippen LogP contribution in [0.4, 0.5) is 0 Å². The monoisotopic (exact) mass is 283 g/mol. The average molecular weight is 283 g/mol. The van der Waals surface area contributed by atoms with Gasteiger partial charge in [0.2, 0.25) is 0 Å². The molecule has 0 aliphatic heterocycles. The van der Waals surface area contributed by atoms with Crippen LogP contribution in [0, 0.1) is 11.8 Å². The van der Waals surface area contributed by atoms with E-state index in [0.717, 1.165) is 24.1 Å². The maximum absolute atomic E-state index is 4.00. The summed E-state index contributed by atoms with van der Waals surface area (Å²) < 4.78 is 0. The molecule has 0 amide bonds. The normalized spacial score (nSPS) is 25.9. The molecule has 3 rings (SSSR count). The van der Waals surface area contributed by atoms with Crippen LogP contribution in [0.15, 0.2) is 36.5 Å². The SMILES string of the molecule is CC1CC(C)CC(NCc2ccc(-c3ccn[nH]3)cc2)C1. The zero-order valence-electron chi connectivity index (χ0n) is 13.0. The van der Waals surface area contributed by atoms with Crippen molar-refractivity contribution in [3.63, 3.8) is 0 Å². The summed E-state index contributed by atoms with van der Waals surface area (Å²) in [6, 6.07) is 11.4. The molecule has 1 saturated carbocycles. The number of H-pyrrole nitrogens is 1. The van der Waals surface area contributed by atoms with Gasteiger partial charge in [0, 0.05) is 18.8 Å². The van der Waals surface area contributed by atoms with Crippen molar-refractivity contribution in [2.75, 3.05) is 0 Å². The molecular weight excluding hydrogens is 258 g/mol. The molecule has 1 heterocycles. The van der Waals surface area contributed by atoms with Gasteiger partial charge < -0.3 is 5.32 Å². The summed E-state index contributed by atoms with van der Waals surface area (Å²) in [6.45, 7) is 5.72. The molecule has 2 atom stereocenters. The molecule has 1 aliphatic rings. The molecule has 2 N–H and O–H groups in total. The molecule has 1 aliphatic carbocycles. The number of aromatic amines is 1. The van der Waals surface area contributed by atoms with Crippen LogP contribution in [0.5, 0.6) is 0 Å². The number of benzene rings is 1. The molecule has 2 aromatic rings. The first kappa shape index (κ1) is 14.3. The van der Waals surface area contributed by atoms with Gasteiger partial charge in [-0.1, -0.05) is 38.1 Å². The standard InChI is InChI=1S/C18H25N3/c1-13-9-14(2)11-17(10-13)19-12-15-3-5-16(6-4-15)18-7-8-20-21-18/h3-8,13-14,17,19H,9-12H2,1-2H3,(H,20,21). The average Bonchev–Trinajstić information content (AvgIpc) is 2.99. The number of hydrogen-bond donors (Lipinski definition) is 2. The Kier molecular flexibility index (Phi) is 4.39. The van der Waals surface area contributed by atoms with Crippen molar-refractivity contribution in [3.8, 4) is 11.3 Å². The molecular formula is C18H25N3. The summed E-state index contributed by atoms with van der Waals surface area (Å²) >= 11 is 0. The highest BCUT2D eigenvalue weighted by molar-refractivity contribution is 5.58. The Morgan fingerprint density at radius 3 is 2.38 bits per heavy atom. The fourth-order valence-corrected chi connectivity index (χ4v) is 3.59. The van der Waals surface area contributed by atoms with E-state index in [1.165, 1.54) is 30.4 Å². The number of nitrogens with one attached hydrogen (secondary N) is 2. The summed E-state index contributed by atoms with van der Waals surface area (Å²) in [4.78, 5) is 0. The van der Waals surface area contributed by atoms with Crippen molar-refractivity contribution in [3.05, 3.63) is 42.1 Å². The highest BCUT2D eigenvalue weighted by Gasteiger charge is 2.23. The van der Waals surface area contributed by atoms with Gasteiger partial charge in [0.1, 0.15) is 0 Å². The zero-order valence-corrected chi connectivity index (χ0v) is 13.0. The lowest BCUT2D eigenvalue weighted by Gasteiger charge is -2.32. The third-order valence-corrected chi connectivity index (χ3v) is 4.54. The zero-order chi connectivity index (χ0) is 14.7. The maximum atomic E-state index is 4.00. The molecule has 0 spiro atoms. The fraction of sp³-hybridized carbons (Fsp3) is 0.500. The minimum absolute atomic E-state index is 0.677. The number of nitrogens with zero attached hydrogens (tertiary/aromatic N) is 1. The molecule has 21 heavy (non-hydrogen) atoms. The smallest absolute Gasteiger partial charge is 0.0650 e. The minimum atomic E-state index is 0.677. The van der Waals surface area contributed by atoms with Crippen LogP contribution in [0.1, 0.15) is 38.7 Å². The Hall–Kier alpha value is -1.61. The molecule has 2 unspecified atom stereocenters. The van der Waals surface area contributed by atoms with E-state index in [-0.39, 0.29) is 0 Å². The van der Waals surface area contributed by atoms with Crippen LogP contribution < -0.4 is 5.32 Å². The number of aromatic nitrogens is 2. The van der Waals surface area contributed by atoms with Crippen molar-refractivity contribution in [1.29, 1.82) is 0 Å². The predicted molar refractivity (Wildman–Crippen MR) is 86.8 cm³/mol. The van der Waals surface area contributed by atoms with Gasteiger partial charge in [0.25, 0.3) is 0 Å². The van der Waals surface area contributed by atoms with E-state index < -0.39 is 0 Å². The van der Waals surface area contributed by atoms with Crippen LogP contribution in [-0.4, -0.2) is 16.2 Å². The topological polar surface area (TPSA) is 40.7 Å². The molecule has 1 aromatic heterocycles. The first-order chi connectivity index (χ1) is 10.2. The summed E-state index contributed by atoms with van der Waals surface area (Å²) in [5.41, 5.74) is 3.62. The minimum Gasteiger partial charge on any atom is -0.310 e. The van der Waals surface area contributed by atoms with Gasteiger partial charge in [-0.15, -0.1) is 0 Å². The Morgan fingerprint density at radius 2 is 1.76 bits per heavy atom. The highest BCUT2D eigenvalue weighted by atomic mass is 15.1. The molecule has 0 radical (unpaired) electrons. The molecule has 3 heteroatoms. The fourth-order valence-electron chi connectivity index (χ4n) is 3.59. The van der Waals surface area contributed by atoms with Crippen LogP contribution in [0.3, 0.4) is 0 Å². The third kappa shape index (κ3) is 3.73. The summed E-state index contributed by atoms with van der Waals surface area (Å²) in [6.07, 6.45) is 5.81. The summed E-state index contributed by atoms with van der Waals surface area (Å²) in [7, 11) is 0. The first-order valence-corrected chi connectivity index (χ1v) is 8.03. The van der Waals surface area contributed by atoms with E-state index >= 15 is 0 Å². The number of hydrogen-bond acceptors (Lipinski definition) is 2.